The molecule has 0 saturated carbocycles. The predicted octanol–water partition coefficient (Wildman–Crippen LogP) is 1.75. The van der Waals surface area contributed by atoms with Crippen LogP contribution in [0.25, 0.3) is 0 Å². The third-order valence-corrected chi connectivity index (χ3v) is 6.53. The normalized spacial score (nSPS) is 22.3. The zero-order valence-electron chi connectivity index (χ0n) is 13.1. The van der Waals surface area contributed by atoms with Gasteiger partial charge in [0.2, 0.25) is 10.0 Å². The van der Waals surface area contributed by atoms with Crippen LogP contribution in [0, 0.1) is 5.82 Å². The number of ether oxygens (including phenoxy) is 1. The van der Waals surface area contributed by atoms with Crippen LogP contribution in [0.2, 0.25) is 0 Å². The average molecular weight is 342 g/mol. The molecule has 1 N–H and O–H groups in total. The molecule has 2 aliphatic heterocycles. The number of hydrogen-bond donors (Lipinski definition) is 1. The summed E-state index contributed by atoms with van der Waals surface area (Å²) in [5.74, 6) is -0.685. The summed E-state index contributed by atoms with van der Waals surface area (Å²) >= 11 is 0. The smallest absolute Gasteiger partial charge is 0.245 e. The minimum Gasteiger partial charge on any atom is -0.381 e. The van der Waals surface area contributed by atoms with Gasteiger partial charge in [0.05, 0.1) is 0 Å². The van der Waals surface area contributed by atoms with Gasteiger partial charge in [-0.1, -0.05) is 12.1 Å². The molecule has 5 nitrogen and oxygen atoms in total. The summed E-state index contributed by atoms with van der Waals surface area (Å²) in [6, 6.07) is 6.35. The van der Waals surface area contributed by atoms with E-state index in [1.807, 2.05) is 0 Å². The molecule has 0 aliphatic carbocycles. The highest BCUT2D eigenvalue weighted by atomic mass is 32.2. The maximum Gasteiger partial charge on any atom is 0.245 e. The summed E-state index contributed by atoms with van der Waals surface area (Å²) in [5.41, 5.74) is 0. The van der Waals surface area contributed by atoms with Crippen LogP contribution in [0.1, 0.15) is 25.7 Å². The fourth-order valence-corrected chi connectivity index (χ4v) is 4.79. The molecule has 1 aromatic carbocycles. The lowest BCUT2D eigenvalue weighted by Crippen LogP contribution is -2.48. The Bertz CT molecular complexity index is 624. The molecule has 7 heteroatoms. The summed E-state index contributed by atoms with van der Waals surface area (Å²) in [6.07, 6.45) is 3.53. The molecule has 0 spiro atoms. The minimum atomic E-state index is -3.74. The summed E-state index contributed by atoms with van der Waals surface area (Å²) < 4.78 is 45.6. The van der Waals surface area contributed by atoms with E-state index in [1.54, 1.807) is 6.07 Å². The zero-order chi connectivity index (χ0) is 16.3. The van der Waals surface area contributed by atoms with E-state index in [1.165, 1.54) is 22.5 Å². The Hall–Kier alpha value is -1.02. The van der Waals surface area contributed by atoms with Gasteiger partial charge in [-0.15, -0.1) is 0 Å². The summed E-state index contributed by atoms with van der Waals surface area (Å²) in [5, 5.41) is 3.61. The van der Waals surface area contributed by atoms with Crippen molar-refractivity contribution in [3.63, 3.8) is 0 Å². The highest BCUT2D eigenvalue weighted by molar-refractivity contribution is 7.89. The molecule has 0 aromatic heterocycles. The molecule has 0 amide bonds. The molecule has 2 saturated heterocycles. The van der Waals surface area contributed by atoms with Crippen LogP contribution < -0.4 is 5.32 Å². The van der Waals surface area contributed by atoms with Gasteiger partial charge in [0.15, 0.2) is 0 Å². The molecule has 2 aliphatic rings. The Morgan fingerprint density at radius 2 is 1.65 bits per heavy atom. The standard InChI is InChI=1S/C16H23FN2O3S/c17-15-3-1-2-4-16(15)23(20,21)19-9-5-13(6-10-19)18-14-7-11-22-12-8-14/h1-4,13-14,18H,5-12H2. The first-order chi connectivity index (χ1) is 11.1. The molecule has 128 valence electrons. The Kier molecular flexibility index (Phi) is 5.31. The second-order valence-electron chi connectivity index (χ2n) is 6.16. The van der Waals surface area contributed by atoms with E-state index in [2.05, 4.69) is 5.32 Å². The molecule has 1 aromatic rings. The lowest BCUT2D eigenvalue weighted by Gasteiger charge is -2.35. The van der Waals surface area contributed by atoms with Gasteiger partial charge in [0, 0.05) is 38.4 Å². The van der Waals surface area contributed by atoms with Crippen molar-refractivity contribution >= 4 is 10.0 Å². The summed E-state index contributed by atoms with van der Waals surface area (Å²) in [7, 11) is -3.74. The van der Waals surface area contributed by atoms with Crippen LogP contribution in [0.15, 0.2) is 29.2 Å². The number of rotatable bonds is 4. The van der Waals surface area contributed by atoms with Crippen molar-refractivity contribution in [1.82, 2.24) is 9.62 Å². The molecule has 2 fully saturated rings. The van der Waals surface area contributed by atoms with Crippen LogP contribution in [0.4, 0.5) is 4.39 Å². The van der Waals surface area contributed by atoms with Crippen molar-refractivity contribution < 1.29 is 17.5 Å². The fraction of sp³-hybridized carbons (Fsp3) is 0.625. The topological polar surface area (TPSA) is 58.6 Å². The van der Waals surface area contributed by atoms with E-state index < -0.39 is 15.8 Å². The van der Waals surface area contributed by atoms with E-state index in [-0.39, 0.29) is 4.90 Å². The van der Waals surface area contributed by atoms with Gasteiger partial charge in [-0.3, -0.25) is 0 Å². The molecule has 3 rings (SSSR count). The van der Waals surface area contributed by atoms with Crippen molar-refractivity contribution in [2.24, 2.45) is 0 Å². The average Bonchev–Trinajstić information content (AvgIpc) is 2.56. The monoisotopic (exact) mass is 342 g/mol. The lowest BCUT2D eigenvalue weighted by atomic mass is 10.0. The fourth-order valence-electron chi connectivity index (χ4n) is 3.25. The Morgan fingerprint density at radius 3 is 2.30 bits per heavy atom. The number of benzene rings is 1. The molecule has 2 heterocycles. The number of halogens is 1. The van der Waals surface area contributed by atoms with Gasteiger partial charge in [-0.25, -0.2) is 12.8 Å². The SMILES string of the molecule is O=S(=O)(c1ccccc1F)N1CCC(NC2CCOCC2)CC1. The van der Waals surface area contributed by atoms with Gasteiger partial charge in [0.25, 0.3) is 0 Å². The number of nitrogens with one attached hydrogen (secondary N) is 1. The van der Waals surface area contributed by atoms with Crippen LogP contribution in [0.3, 0.4) is 0 Å². The zero-order valence-corrected chi connectivity index (χ0v) is 13.9. The lowest BCUT2D eigenvalue weighted by molar-refractivity contribution is 0.0725. The van der Waals surface area contributed by atoms with Gasteiger partial charge in [-0.2, -0.15) is 4.31 Å². The van der Waals surface area contributed by atoms with E-state index in [0.29, 0.717) is 25.2 Å². The van der Waals surface area contributed by atoms with E-state index in [4.69, 9.17) is 4.74 Å². The first kappa shape index (κ1) is 16.8. The van der Waals surface area contributed by atoms with Crippen molar-refractivity contribution in [1.29, 1.82) is 0 Å². The minimum absolute atomic E-state index is 0.226. The molecule has 0 unspecified atom stereocenters. The number of sulfonamides is 1. The van der Waals surface area contributed by atoms with Gasteiger partial charge in [0.1, 0.15) is 10.7 Å². The van der Waals surface area contributed by atoms with Crippen molar-refractivity contribution in [3.05, 3.63) is 30.1 Å². The van der Waals surface area contributed by atoms with E-state index in [9.17, 15) is 12.8 Å². The van der Waals surface area contributed by atoms with Crippen LogP contribution in [-0.2, 0) is 14.8 Å². The second-order valence-corrected chi connectivity index (χ2v) is 8.07. The maximum absolute atomic E-state index is 13.8. The molecule has 0 atom stereocenters. The number of piperidine rings is 1. The number of nitrogens with zero attached hydrogens (tertiary/aromatic N) is 1. The molecular formula is C16H23FN2O3S. The van der Waals surface area contributed by atoms with Gasteiger partial charge < -0.3 is 10.1 Å². The van der Waals surface area contributed by atoms with Crippen molar-refractivity contribution in [3.8, 4) is 0 Å². The third kappa shape index (κ3) is 3.91. The van der Waals surface area contributed by atoms with Crippen LogP contribution in [0.5, 0.6) is 0 Å². The Labute approximate surface area is 136 Å². The van der Waals surface area contributed by atoms with Crippen molar-refractivity contribution in [2.75, 3.05) is 26.3 Å². The predicted molar refractivity (Wildman–Crippen MR) is 85.2 cm³/mol. The first-order valence-corrected chi connectivity index (χ1v) is 9.60. The molecule has 0 bridgehead atoms. The molecular weight excluding hydrogens is 319 g/mol. The highest BCUT2D eigenvalue weighted by Gasteiger charge is 2.31. The highest BCUT2D eigenvalue weighted by Crippen LogP contribution is 2.23. The van der Waals surface area contributed by atoms with Gasteiger partial charge in [-0.05, 0) is 37.8 Å². The van der Waals surface area contributed by atoms with E-state index >= 15 is 0 Å². The molecule has 23 heavy (non-hydrogen) atoms. The third-order valence-electron chi connectivity index (χ3n) is 4.60. The van der Waals surface area contributed by atoms with Crippen molar-refractivity contribution in [2.45, 2.75) is 42.7 Å². The summed E-state index contributed by atoms with van der Waals surface area (Å²) in [4.78, 5) is -0.226. The van der Waals surface area contributed by atoms with Gasteiger partial charge >= 0.3 is 0 Å². The first-order valence-electron chi connectivity index (χ1n) is 8.16. The Morgan fingerprint density at radius 1 is 1.04 bits per heavy atom. The quantitative estimate of drug-likeness (QED) is 0.906. The second kappa shape index (κ2) is 7.25. The van der Waals surface area contributed by atoms with E-state index in [0.717, 1.165) is 38.9 Å². The summed E-state index contributed by atoms with van der Waals surface area (Å²) in [6.45, 7) is 2.44. The molecule has 0 radical (unpaired) electrons. The maximum atomic E-state index is 13.8. The van der Waals surface area contributed by atoms with Crippen LogP contribution in [-0.4, -0.2) is 51.1 Å². The largest absolute Gasteiger partial charge is 0.381 e. The Balaban J connectivity index is 1.59. The van der Waals surface area contributed by atoms with Crippen LogP contribution >= 0.6 is 0 Å². The number of hydrogen-bond acceptors (Lipinski definition) is 4.